The summed E-state index contributed by atoms with van der Waals surface area (Å²) >= 11 is 0. The molecule has 1 amide bonds. The van der Waals surface area contributed by atoms with E-state index in [9.17, 15) is 9.59 Å². The monoisotopic (exact) mass is 244 g/mol. The van der Waals surface area contributed by atoms with Gasteiger partial charge in [-0.05, 0) is 19.8 Å². The van der Waals surface area contributed by atoms with Crippen LogP contribution in [0.15, 0.2) is 0 Å². The number of carboxylic acid groups (broad SMARTS) is 1. The maximum Gasteiger partial charge on any atom is 0.305 e. The van der Waals surface area contributed by atoms with Crippen LogP contribution in [-0.4, -0.2) is 40.5 Å². The van der Waals surface area contributed by atoms with Crippen molar-refractivity contribution in [2.24, 2.45) is 11.7 Å². The van der Waals surface area contributed by atoms with Crippen molar-refractivity contribution in [3.63, 3.8) is 0 Å². The Bertz CT molecular complexity index is 268. The molecule has 0 rings (SSSR count). The van der Waals surface area contributed by atoms with Gasteiger partial charge in [-0.1, -0.05) is 20.3 Å². The van der Waals surface area contributed by atoms with Crippen molar-refractivity contribution in [3.8, 4) is 0 Å². The molecule has 0 radical (unpaired) electrons. The lowest BCUT2D eigenvalue weighted by atomic mass is 9.98. The van der Waals surface area contributed by atoms with Gasteiger partial charge in [0.15, 0.2) is 0 Å². The predicted octanol–water partition coefficient (Wildman–Crippen LogP) is 1.07. The second-order valence-electron chi connectivity index (χ2n) is 4.48. The Morgan fingerprint density at radius 3 is 2.18 bits per heavy atom. The number of amides is 1. The first-order valence-electron chi connectivity index (χ1n) is 6.12. The number of rotatable bonds is 7. The van der Waals surface area contributed by atoms with Crippen LogP contribution in [0.5, 0.6) is 0 Å². The lowest BCUT2D eigenvalue weighted by molar-refractivity contribution is -0.141. The normalized spacial score (nSPS) is 16.1. The van der Waals surface area contributed by atoms with Crippen molar-refractivity contribution < 1.29 is 14.7 Å². The molecule has 0 aromatic rings. The molecule has 3 unspecified atom stereocenters. The smallest absolute Gasteiger partial charge is 0.305 e. The largest absolute Gasteiger partial charge is 0.481 e. The van der Waals surface area contributed by atoms with Crippen molar-refractivity contribution in [3.05, 3.63) is 0 Å². The van der Waals surface area contributed by atoms with E-state index in [2.05, 4.69) is 0 Å². The summed E-state index contributed by atoms with van der Waals surface area (Å²) in [7, 11) is 0. The molecule has 0 aromatic carbocycles. The molecule has 17 heavy (non-hydrogen) atoms. The minimum Gasteiger partial charge on any atom is -0.481 e. The van der Waals surface area contributed by atoms with Crippen molar-refractivity contribution in [1.82, 2.24) is 4.90 Å². The summed E-state index contributed by atoms with van der Waals surface area (Å²) in [6, 6.07) is -0.865. The second kappa shape index (κ2) is 7.27. The van der Waals surface area contributed by atoms with Gasteiger partial charge in [0.2, 0.25) is 5.91 Å². The Morgan fingerprint density at radius 2 is 1.82 bits per heavy atom. The number of hydrogen-bond acceptors (Lipinski definition) is 3. The average Bonchev–Trinajstić information content (AvgIpc) is 2.26. The van der Waals surface area contributed by atoms with E-state index >= 15 is 0 Å². The minimum absolute atomic E-state index is 0.0488. The van der Waals surface area contributed by atoms with E-state index in [0.29, 0.717) is 6.54 Å². The maximum absolute atomic E-state index is 12.1. The number of hydrogen-bond donors (Lipinski definition) is 2. The van der Waals surface area contributed by atoms with Crippen LogP contribution in [0.4, 0.5) is 0 Å². The summed E-state index contributed by atoms with van der Waals surface area (Å²) in [6.45, 7) is 7.96. The molecule has 0 fully saturated rings. The fourth-order valence-electron chi connectivity index (χ4n) is 1.74. The Morgan fingerprint density at radius 1 is 1.29 bits per heavy atom. The van der Waals surface area contributed by atoms with Gasteiger partial charge in [0.25, 0.3) is 0 Å². The van der Waals surface area contributed by atoms with Gasteiger partial charge < -0.3 is 15.7 Å². The molecule has 0 aromatic heterocycles. The number of nitrogens with two attached hydrogens (primary N) is 1. The van der Waals surface area contributed by atoms with Gasteiger partial charge in [-0.15, -0.1) is 0 Å². The molecule has 0 saturated heterocycles. The van der Waals surface area contributed by atoms with E-state index in [-0.39, 0.29) is 24.3 Å². The molecule has 0 spiro atoms. The number of carbonyl (C=O) groups excluding carboxylic acids is 1. The van der Waals surface area contributed by atoms with Crippen LogP contribution in [0.1, 0.15) is 40.5 Å². The van der Waals surface area contributed by atoms with Gasteiger partial charge >= 0.3 is 5.97 Å². The standard InChI is InChI=1S/C12H24N2O3/c1-5-8(3)11(13)12(17)14(6-2)9(4)7-10(15)16/h8-9,11H,5-7,13H2,1-4H3,(H,15,16). The summed E-state index contributed by atoms with van der Waals surface area (Å²) < 4.78 is 0. The van der Waals surface area contributed by atoms with Gasteiger partial charge in [0.1, 0.15) is 0 Å². The molecule has 0 aliphatic carbocycles. The predicted molar refractivity (Wildman–Crippen MR) is 66.5 cm³/mol. The van der Waals surface area contributed by atoms with Crippen LogP contribution in [-0.2, 0) is 9.59 Å². The summed E-state index contributed by atoms with van der Waals surface area (Å²) in [5, 5.41) is 8.73. The number of carbonyl (C=O) groups is 2. The van der Waals surface area contributed by atoms with E-state index in [1.54, 1.807) is 11.8 Å². The Hall–Kier alpha value is -1.10. The summed E-state index contributed by atoms with van der Waals surface area (Å²) in [4.78, 5) is 24.3. The highest BCUT2D eigenvalue weighted by Crippen LogP contribution is 2.12. The van der Waals surface area contributed by atoms with Crippen molar-refractivity contribution in [1.29, 1.82) is 0 Å². The Labute approximate surface area is 103 Å². The summed E-state index contributed by atoms with van der Waals surface area (Å²) in [6.07, 6.45) is 0.782. The van der Waals surface area contributed by atoms with E-state index in [4.69, 9.17) is 10.8 Å². The zero-order valence-electron chi connectivity index (χ0n) is 11.1. The molecule has 100 valence electrons. The first-order valence-corrected chi connectivity index (χ1v) is 6.12. The molecule has 0 aliphatic heterocycles. The zero-order chi connectivity index (χ0) is 13.6. The third kappa shape index (κ3) is 4.73. The van der Waals surface area contributed by atoms with Crippen molar-refractivity contribution in [2.45, 2.75) is 52.6 Å². The van der Waals surface area contributed by atoms with E-state index in [0.717, 1.165) is 6.42 Å². The number of carboxylic acids is 1. The SMILES string of the molecule is CCC(C)C(N)C(=O)N(CC)C(C)CC(=O)O. The highest BCUT2D eigenvalue weighted by molar-refractivity contribution is 5.82. The van der Waals surface area contributed by atoms with E-state index < -0.39 is 12.0 Å². The average molecular weight is 244 g/mol. The first-order chi connectivity index (χ1) is 7.84. The molecule has 0 heterocycles. The van der Waals surface area contributed by atoms with Crippen LogP contribution < -0.4 is 5.73 Å². The Balaban J connectivity index is 4.64. The maximum atomic E-state index is 12.1. The third-order valence-corrected chi connectivity index (χ3v) is 3.17. The minimum atomic E-state index is -0.902. The van der Waals surface area contributed by atoms with Gasteiger partial charge in [0.05, 0.1) is 12.5 Å². The second-order valence-corrected chi connectivity index (χ2v) is 4.48. The zero-order valence-corrected chi connectivity index (χ0v) is 11.1. The first kappa shape index (κ1) is 15.9. The molecule has 3 N–H and O–H groups in total. The fraction of sp³-hybridized carbons (Fsp3) is 0.833. The molecule has 3 atom stereocenters. The summed E-state index contributed by atoms with van der Waals surface area (Å²) in [5.41, 5.74) is 5.88. The van der Waals surface area contributed by atoms with Gasteiger partial charge in [-0.3, -0.25) is 9.59 Å². The Kier molecular flexibility index (Phi) is 6.80. The lowest BCUT2D eigenvalue weighted by Crippen LogP contribution is -2.50. The van der Waals surface area contributed by atoms with Crippen LogP contribution in [0.3, 0.4) is 0 Å². The molecule has 0 aliphatic rings. The molecule has 5 nitrogen and oxygen atoms in total. The molecular weight excluding hydrogens is 220 g/mol. The fourth-order valence-corrected chi connectivity index (χ4v) is 1.74. The number of aliphatic carboxylic acids is 1. The number of likely N-dealkylation sites (N-methyl/N-ethyl adjacent to an activating group) is 1. The van der Waals surface area contributed by atoms with E-state index in [1.807, 2.05) is 20.8 Å². The van der Waals surface area contributed by atoms with Crippen LogP contribution in [0.2, 0.25) is 0 Å². The lowest BCUT2D eigenvalue weighted by Gasteiger charge is -2.31. The van der Waals surface area contributed by atoms with Crippen molar-refractivity contribution in [2.75, 3.05) is 6.54 Å². The topological polar surface area (TPSA) is 83.6 Å². The van der Waals surface area contributed by atoms with Gasteiger partial charge in [-0.2, -0.15) is 0 Å². The van der Waals surface area contributed by atoms with Gasteiger partial charge in [-0.25, -0.2) is 0 Å². The van der Waals surface area contributed by atoms with Crippen molar-refractivity contribution >= 4 is 11.9 Å². The third-order valence-electron chi connectivity index (χ3n) is 3.17. The van der Waals surface area contributed by atoms with Crippen LogP contribution in [0, 0.1) is 5.92 Å². The number of nitrogens with zero attached hydrogens (tertiary/aromatic N) is 1. The highest BCUT2D eigenvalue weighted by atomic mass is 16.4. The molecule has 0 bridgehead atoms. The molecular formula is C12H24N2O3. The summed E-state index contributed by atoms with van der Waals surface area (Å²) in [5.74, 6) is -0.954. The van der Waals surface area contributed by atoms with Gasteiger partial charge in [0, 0.05) is 12.6 Å². The van der Waals surface area contributed by atoms with E-state index in [1.165, 1.54) is 0 Å². The molecule has 5 heteroatoms. The highest BCUT2D eigenvalue weighted by Gasteiger charge is 2.27. The quantitative estimate of drug-likeness (QED) is 0.701. The van der Waals surface area contributed by atoms with Crippen LogP contribution >= 0.6 is 0 Å². The van der Waals surface area contributed by atoms with Crippen LogP contribution in [0.25, 0.3) is 0 Å². The molecule has 0 saturated carbocycles.